The number of rotatable bonds is 7. The van der Waals surface area contributed by atoms with Crippen molar-refractivity contribution in [2.45, 2.75) is 33.1 Å². The summed E-state index contributed by atoms with van der Waals surface area (Å²) in [7, 11) is 3.84. The summed E-state index contributed by atoms with van der Waals surface area (Å²) in [5.41, 5.74) is 3.97. The van der Waals surface area contributed by atoms with Crippen LogP contribution in [0.3, 0.4) is 0 Å². The predicted molar refractivity (Wildman–Crippen MR) is 99.9 cm³/mol. The highest BCUT2D eigenvalue weighted by Crippen LogP contribution is 2.29. The molecule has 0 amide bonds. The molecule has 0 aliphatic rings. The highest BCUT2D eigenvalue weighted by Gasteiger charge is 2.19. The first-order valence-electron chi connectivity index (χ1n) is 8.00. The van der Waals surface area contributed by atoms with E-state index in [0.717, 1.165) is 35.5 Å². The van der Waals surface area contributed by atoms with Crippen LogP contribution in [0.1, 0.15) is 30.9 Å². The average molecular weight is 352 g/mol. The molecule has 132 valence electrons. The molecule has 5 nitrogen and oxygen atoms in total. The Hall–Kier alpha value is -2.01. The van der Waals surface area contributed by atoms with Crippen molar-refractivity contribution < 1.29 is 9.53 Å². The number of anilines is 1. The van der Waals surface area contributed by atoms with E-state index in [1.807, 2.05) is 38.1 Å². The summed E-state index contributed by atoms with van der Waals surface area (Å²) in [6.07, 6.45) is 2.12. The number of ether oxygens (including phenoxy) is 1. The van der Waals surface area contributed by atoms with Gasteiger partial charge in [0.15, 0.2) is 5.82 Å². The minimum absolute atomic E-state index is 0. The van der Waals surface area contributed by atoms with E-state index in [1.165, 1.54) is 5.56 Å². The third-order valence-electron chi connectivity index (χ3n) is 3.69. The van der Waals surface area contributed by atoms with E-state index in [1.54, 1.807) is 0 Å². The molecule has 0 atom stereocenters. The summed E-state index contributed by atoms with van der Waals surface area (Å²) in [6, 6.07) is 8.17. The predicted octanol–water partition coefficient (Wildman–Crippen LogP) is 3.76. The highest BCUT2D eigenvalue weighted by atomic mass is 35.5. The van der Waals surface area contributed by atoms with Crippen LogP contribution in [0, 0.1) is 6.92 Å². The van der Waals surface area contributed by atoms with Crippen LogP contribution in [0.5, 0.6) is 0 Å². The molecule has 0 unspecified atom stereocenters. The summed E-state index contributed by atoms with van der Waals surface area (Å²) in [6.45, 7) is 4.60. The monoisotopic (exact) mass is 351 g/mol. The molecule has 0 spiro atoms. The van der Waals surface area contributed by atoms with Crippen LogP contribution in [-0.2, 0) is 16.0 Å². The van der Waals surface area contributed by atoms with Gasteiger partial charge in [0.25, 0.3) is 0 Å². The van der Waals surface area contributed by atoms with E-state index in [0.29, 0.717) is 6.61 Å². The van der Waals surface area contributed by atoms with Crippen LogP contribution >= 0.6 is 12.4 Å². The van der Waals surface area contributed by atoms with Gasteiger partial charge in [-0.15, -0.1) is 12.4 Å². The quantitative estimate of drug-likeness (QED) is 0.609. The number of hydrogen-bond acceptors (Lipinski definition) is 4. The molecule has 0 saturated carbocycles. The number of hydrogen-bond donors (Lipinski definition) is 1. The summed E-state index contributed by atoms with van der Waals surface area (Å²) < 4.78 is 5.30. The Bertz CT molecular complexity index is 651. The van der Waals surface area contributed by atoms with Crippen molar-refractivity contribution in [3.05, 3.63) is 35.4 Å². The van der Waals surface area contributed by atoms with Crippen molar-refractivity contribution in [3.63, 3.8) is 0 Å². The summed E-state index contributed by atoms with van der Waals surface area (Å²) in [4.78, 5) is 14.0. The molecule has 0 saturated heterocycles. The lowest BCUT2D eigenvalue weighted by molar-refractivity contribution is -0.142. The lowest BCUT2D eigenvalue weighted by atomic mass is 10.0. The lowest BCUT2D eigenvalue weighted by Crippen LogP contribution is -2.15. The third kappa shape index (κ3) is 4.99. The van der Waals surface area contributed by atoms with Gasteiger partial charge in [0, 0.05) is 19.7 Å². The molecular weight excluding hydrogens is 326 g/mol. The van der Waals surface area contributed by atoms with Gasteiger partial charge < -0.3 is 9.64 Å². The first kappa shape index (κ1) is 20.0. The van der Waals surface area contributed by atoms with E-state index in [4.69, 9.17) is 4.74 Å². The SMILES string of the molecule is CCCCOC(=O)Cc1c(N(C)C)n[nH]c1-c1ccc(C)cc1.Cl. The normalized spacial score (nSPS) is 10.2. The second-order valence-electron chi connectivity index (χ2n) is 5.91. The molecule has 1 aromatic heterocycles. The van der Waals surface area contributed by atoms with Crippen LogP contribution < -0.4 is 4.90 Å². The van der Waals surface area contributed by atoms with Gasteiger partial charge in [0.05, 0.1) is 18.7 Å². The average Bonchev–Trinajstić information content (AvgIpc) is 2.92. The van der Waals surface area contributed by atoms with Gasteiger partial charge in [-0.3, -0.25) is 9.89 Å². The van der Waals surface area contributed by atoms with Gasteiger partial charge in [-0.1, -0.05) is 43.2 Å². The van der Waals surface area contributed by atoms with Crippen molar-refractivity contribution in [1.29, 1.82) is 0 Å². The number of nitrogens with one attached hydrogen (secondary N) is 1. The molecule has 2 aromatic rings. The van der Waals surface area contributed by atoms with Crippen LogP contribution in [0.2, 0.25) is 0 Å². The Labute approximate surface area is 149 Å². The fourth-order valence-corrected chi connectivity index (χ4v) is 2.38. The van der Waals surface area contributed by atoms with Crippen molar-refractivity contribution in [2.75, 3.05) is 25.6 Å². The summed E-state index contributed by atoms with van der Waals surface area (Å²) in [5.74, 6) is 0.560. The molecule has 0 radical (unpaired) electrons. The number of benzene rings is 1. The zero-order chi connectivity index (χ0) is 16.8. The molecule has 1 aromatic carbocycles. The highest BCUT2D eigenvalue weighted by molar-refractivity contribution is 5.85. The molecule has 0 fully saturated rings. The Morgan fingerprint density at radius 3 is 2.50 bits per heavy atom. The third-order valence-corrected chi connectivity index (χ3v) is 3.69. The number of carbonyl (C=O) groups excluding carboxylic acids is 1. The van der Waals surface area contributed by atoms with E-state index < -0.39 is 0 Å². The van der Waals surface area contributed by atoms with Crippen LogP contribution in [0.15, 0.2) is 24.3 Å². The van der Waals surface area contributed by atoms with Crippen molar-refractivity contribution >= 4 is 24.2 Å². The number of aryl methyl sites for hydroxylation is 1. The Morgan fingerprint density at radius 1 is 1.25 bits per heavy atom. The summed E-state index contributed by atoms with van der Waals surface area (Å²) >= 11 is 0. The van der Waals surface area contributed by atoms with E-state index in [2.05, 4.69) is 29.3 Å². The van der Waals surface area contributed by atoms with Gasteiger partial charge in [0.2, 0.25) is 0 Å². The summed E-state index contributed by atoms with van der Waals surface area (Å²) in [5, 5.41) is 7.42. The number of unbranched alkanes of at least 4 members (excludes halogenated alkanes) is 1. The molecule has 2 rings (SSSR count). The Kier molecular flexibility index (Phi) is 7.79. The standard InChI is InChI=1S/C18H25N3O2.ClH/c1-5-6-11-23-16(22)12-15-17(19-20-18(15)21(3)4)14-9-7-13(2)8-10-14;/h7-10H,5-6,11-12H2,1-4H3,(H,19,20);1H. The number of nitrogens with zero attached hydrogens (tertiary/aromatic N) is 2. The Balaban J connectivity index is 0.00000288. The van der Waals surface area contributed by atoms with Gasteiger partial charge >= 0.3 is 5.97 Å². The van der Waals surface area contributed by atoms with Gasteiger partial charge in [-0.2, -0.15) is 5.10 Å². The molecular formula is C18H26ClN3O2. The first-order valence-corrected chi connectivity index (χ1v) is 8.00. The molecule has 24 heavy (non-hydrogen) atoms. The van der Waals surface area contributed by atoms with Gasteiger partial charge in [-0.25, -0.2) is 0 Å². The minimum Gasteiger partial charge on any atom is -0.465 e. The van der Waals surface area contributed by atoms with Gasteiger partial charge in [-0.05, 0) is 18.9 Å². The number of H-pyrrole nitrogens is 1. The van der Waals surface area contributed by atoms with Gasteiger partial charge in [0.1, 0.15) is 0 Å². The number of halogens is 1. The fourth-order valence-electron chi connectivity index (χ4n) is 2.38. The van der Waals surface area contributed by atoms with E-state index in [-0.39, 0.29) is 24.8 Å². The maximum atomic E-state index is 12.1. The molecule has 0 bridgehead atoms. The smallest absolute Gasteiger partial charge is 0.310 e. The van der Waals surface area contributed by atoms with Crippen molar-refractivity contribution in [1.82, 2.24) is 10.2 Å². The number of aromatic amines is 1. The number of carbonyl (C=O) groups is 1. The fraction of sp³-hybridized carbons (Fsp3) is 0.444. The van der Waals surface area contributed by atoms with Crippen LogP contribution in [0.25, 0.3) is 11.3 Å². The maximum absolute atomic E-state index is 12.1. The van der Waals surface area contributed by atoms with E-state index in [9.17, 15) is 4.79 Å². The van der Waals surface area contributed by atoms with Crippen LogP contribution in [0.4, 0.5) is 5.82 Å². The lowest BCUT2D eigenvalue weighted by Gasteiger charge is -2.12. The topological polar surface area (TPSA) is 58.2 Å². The molecule has 1 N–H and O–H groups in total. The molecule has 0 aliphatic carbocycles. The van der Waals surface area contributed by atoms with E-state index >= 15 is 0 Å². The minimum atomic E-state index is -0.212. The Morgan fingerprint density at radius 2 is 1.92 bits per heavy atom. The number of aromatic nitrogens is 2. The molecule has 0 aliphatic heterocycles. The second kappa shape index (κ2) is 9.33. The maximum Gasteiger partial charge on any atom is 0.310 e. The second-order valence-corrected chi connectivity index (χ2v) is 5.91. The van der Waals surface area contributed by atoms with Crippen molar-refractivity contribution in [2.24, 2.45) is 0 Å². The number of esters is 1. The largest absolute Gasteiger partial charge is 0.465 e. The zero-order valence-electron chi connectivity index (χ0n) is 14.8. The molecule has 6 heteroatoms. The molecule has 1 heterocycles. The first-order chi connectivity index (χ1) is 11.0. The zero-order valence-corrected chi connectivity index (χ0v) is 15.6. The van der Waals surface area contributed by atoms with Crippen LogP contribution in [-0.4, -0.2) is 36.9 Å². The van der Waals surface area contributed by atoms with Crippen molar-refractivity contribution in [3.8, 4) is 11.3 Å².